The van der Waals surface area contributed by atoms with Crippen molar-refractivity contribution in [3.8, 4) is 10.6 Å². The Bertz CT molecular complexity index is 1630. The van der Waals surface area contributed by atoms with Crippen molar-refractivity contribution in [3.63, 3.8) is 0 Å². The SMILES string of the molecule is Nc1cn[nH]c(=O)c1C(F)(F)F.O=c1c2cc(F)c(-c3ncc(C(F)(F)F)s3)cc2ccn1CCCCCOC(F)F. The highest BCUT2D eigenvalue weighted by molar-refractivity contribution is 7.15. The van der Waals surface area contributed by atoms with Crippen LogP contribution in [0.5, 0.6) is 0 Å². The number of unbranched alkanes of at least 4 members (excludes halogenated alkanes) is 2. The molecule has 0 atom stereocenters. The van der Waals surface area contributed by atoms with E-state index in [1.54, 1.807) is 11.2 Å². The number of nitrogens with zero attached hydrogens (tertiary/aromatic N) is 3. The van der Waals surface area contributed by atoms with Crippen molar-refractivity contribution in [1.82, 2.24) is 19.7 Å². The Balaban J connectivity index is 0.000000337. The van der Waals surface area contributed by atoms with E-state index in [0.29, 0.717) is 48.7 Å². The van der Waals surface area contributed by atoms with E-state index in [2.05, 4.69) is 14.8 Å². The zero-order valence-electron chi connectivity index (χ0n) is 21.0. The molecule has 228 valence electrons. The number of aryl methyl sites for hydroxylation is 1. The molecule has 3 N–H and O–H groups in total. The number of anilines is 1. The molecule has 0 saturated heterocycles. The quantitative estimate of drug-likeness (QED) is 0.181. The molecule has 0 saturated carbocycles. The van der Waals surface area contributed by atoms with Gasteiger partial charge >= 0.3 is 19.0 Å². The zero-order chi connectivity index (χ0) is 31.2. The summed E-state index contributed by atoms with van der Waals surface area (Å²) in [4.78, 5) is 25.9. The number of nitrogens with one attached hydrogen (secondary N) is 1. The minimum atomic E-state index is -4.74. The van der Waals surface area contributed by atoms with Crippen LogP contribution in [0.2, 0.25) is 0 Å². The molecule has 3 heterocycles. The van der Waals surface area contributed by atoms with E-state index < -0.39 is 52.0 Å². The van der Waals surface area contributed by atoms with Crippen molar-refractivity contribution in [3.05, 3.63) is 73.8 Å². The summed E-state index contributed by atoms with van der Waals surface area (Å²) >= 11 is 0.326. The molecular weight excluding hydrogens is 609 g/mol. The van der Waals surface area contributed by atoms with E-state index in [-0.39, 0.29) is 22.6 Å². The Morgan fingerprint density at radius 1 is 1.02 bits per heavy atom. The molecule has 0 aliphatic carbocycles. The number of rotatable bonds is 8. The van der Waals surface area contributed by atoms with E-state index in [1.807, 2.05) is 0 Å². The number of fused-ring (bicyclic) bond motifs is 1. The lowest BCUT2D eigenvalue weighted by atomic mass is 10.1. The summed E-state index contributed by atoms with van der Waals surface area (Å²) in [7, 11) is 0. The van der Waals surface area contributed by atoms with Gasteiger partial charge in [-0.15, -0.1) is 11.3 Å². The number of hydrogen-bond acceptors (Lipinski definition) is 7. The molecule has 0 fully saturated rings. The van der Waals surface area contributed by atoms with Gasteiger partial charge < -0.3 is 15.0 Å². The molecule has 3 aromatic heterocycles. The number of benzene rings is 1. The number of ether oxygens (including phenoxy) is 1. The second-order valence-electron chi connectivity index (χ2n) is 8.48. The first-order valence-electron chi connectivity index (χ1n) is 11.8. The number of alkyl halides is 8. The summed E-state index contributed by atoms with van der Waals surface area (Å²) in [6.45, 7) is -2.57. The van der Waals surface area contributed by atoms with E-state index >= 15 is 0 Å². The van der Waals surface area contributed by atoms with Crippen molar-refractivity contribution in [1.29, 1.82) is 0 Å². The number of pyridine rings is 1. The Labute approximate surface area is 233 Å². The van der Waals surface area contributed by atoms with Gasteiger partial charge in [-0.05, 0) is 42.8 Å². The van der Waals surface area contributed by atoms with Crippen LogP contribution in [-0.2, 0) is 23.6 Å². The highest BCUT2D eigenvalue weighted by atomic mass is 32.1. The first-order chi connectivity index (χ1) is 19.6. The normalized spacial score (nSPS) is 12.0. The lowest BCUT2D eigenvalue weighted by Crippen LogP contribution is -2.24. The van der Waals surface area contributed by atoms with E-state index in [1.165, 1.54) is 16.8 Å². The van der Waals surface area contributed by atoms with Gasteiger partial charge in [-0.25, -0.2) is 14.5 Å². The number of H-pyrrole nitrogens is 1. The van der Waals surface area contributed by atoms with Gasteiger partial charge in [0.2, 0.25) is 0 Å². The summed E-state index contributed by atoms with van der Waals surface area (Å²) in [5.74, 6) is -0.843. The number of aromatic nitrogens is 4. The van der Waals surface area contributed by atoms with Gasteiger partial charge in [0.05, 0.1) is 30.1 Å². The van der Waals surface area contributed by atoms with Crippen molar-refractivity contribution >= 4 is 27.8 Å². The Kier molecular flexibility index (Phi) is 10.4. The highest BCUT2D eigenvalue weighted by Crippen LogP contribution is 2.38. The zero-order valence-corrected chi connectivity index (χ0v) is 21.8. The summed E-state index contributed by atoms with van der Waals surface area (Å²) in [6, 6.07) is 3.86. The van der Waals surface area contributed by atoms with Crippen LogP contribution in [0.1, 0.15) is 29.7 Å². The first kappa shape index (κ1) is 32.6. The smallest absolute Gasteiger partial charge is 0.397 e. The average molecular weight is 630 g/mol. The third kappa shape index (κ3) is 8.31. The molecule has 0 bridgehead atoms. The van der Waals surface area contributed by atoms with Crippen LogP contribution in [0, 0.1) is 5.82 Å². The maximum atomic E-state index is 14.5. The van der Waals surface area contributed by atoms with E-state index in [9.17, 15) is 49.1 Å². The van der Waals surface area contributed by atoms with E-state index in [0.717, 1.165) is 12.3 Å². The number of aromatic amines is 1. The lowest BCUT2D eigenvalue weighted by molar-refractivity contribution is -0.138. The van der Waals surface area contributed by atoms with Crippen molar-refractivity contribution in [2.45, 2.75) is 44.8 Å². The van der Waals surface area contributed by atoms with Crippen LogP contribution in [0.15, 0.2) is 46.4 Å². The molecule has 0 unspecified atom stereocenters. The lowest BCUT2D eigenvalue weighted by Gasteiger charge is -2.09. The number of hydrogen-bond donors (Lipinski definition) is 2. The monoisotopic (exact) mass is 629 g/mol. The molecule has 18 heteroatoms. The molecule has 0 amide bonds. The van der Waals surface area contributed by atoms with Gasteiger partial charge in [-0.3, -0.25) is 9.59 Å². The third-order valence-electron chi connectivity index (χ3n) is 5.54. The van der Waals surface area contributed by atoms with Crippen LogP contribution in [0.4, 0.5) is 45.2 Å². The summed E-state index contributed by atoms with van der Waals surface area (Å²) in [5, 5.41) is 5.08. The largest absolute Gasteiger partial charge is 0.427 e. The molecular formula is C24H20F9N5O3S. The second kappa shape index (κ2) is 13.4. The Morgan fingerprint density at radius 3 is 2.31 bits per heavy atom. The number of thiazole rings is 1. The van der Waals surface area contributed by atoms with Crippen molar-refractivity contribution in [2.75, 3.05) is 12.3 Å². The summed E-state index contributed by atoms with van der Waals surface area (Å²) < 4.78 is 118. The molecule has 1 aromatic carbocycles. The molecule has 8 nitrogen and oxygen atoms in total. The molecule has 42 heavy (non-hydrogen) atoms. The number of halogens is 9. The minimum Gasteiger partial charge on any atom is -0.397 e. The predicted molar refractivity (Wildman–Crippen MR) is 134 cm³/mol. The molecule has 4 aromatic rings. The fourth-order valence-corrected chi connectivity index (χ4v) is 4.41. The van der Waals surface area contributed by atoms with Crippen LogP contribution >= 0.6 is 11.3 Å². The minimum absolute atomic E-state index is 0.0783. The third-order valence-corrected chi connectivity index (χ3v) is 6.61. The number of nitrogens with two attached hydrogens (primary N) is 1. The maximum Gasteiger partial charge on any atom is 0.427 e. The highest BCUT2D eigenvalue weighted by Gasteiger charge is 2.36. The fourth-order valence-electron chi connectivity index (χ4n) is 3.61. The second-order valence-corrected chi connectivity index (χ2v) is 9.51. The van der Waals surface area contributed by atoms with Crippen molar-refractivity contribution in [2.24, 2.45) is 0 Å². The average Bonchev–Trinajstić information content (AvgIpc) is 3.38. The van der Waals surface area contributed by atoms with Crippen LogP contribution < -0.4 is 16.9 Å². The topological polar surface area (TPSA) is 116 Å². The van der Waals surface area contributed by atoms with Gasteiger partial charge in [-0.1, -0.05) is 0 Å². The van der Waals surface area contributed by atoms with Gasteiger partial charge in [0.25, 0.3) is 11.1 Å². The fraction of sp³-hybridized carbons (Fsp3) is 0.333. The predicted octanol–water partition coefficient (Wildman–Crippen LogP) is 6.06. The van der Waals surface area contributed by atoms with Gasteiger partial charge in [-0.2, -0.15) is 40.2 Å². The van der Waals surface area contributed by atoms with Crippen LogP contribution in [0.3, 0.4) is 0 Å². The Hall–Kier alpha value is -3.93. The van der Waals surface area contributed by atoms with Crippen molar-refractivity contribution < 1.29 is 44.3 Å². The summed E-state index contributed by atoms with van der Waals surface area (Å²) in [5.41, 5.74) is 0.935. The molecule has 0 radical (unpaired) electrons. The standard InChI is InChI=1S/C19H16F6N2O2S.C5H4F3N3O/c20-14-9-12-11(8-13(14)16-26-10-15(30-16)19(23,24)25)4-6-27(17(12)28)5-2-1-3-7-29-18(21)22;6-5(7,8)3-2(9)1-10-11-4(3)12/h4,6,8-10,18H,1-3,5,7H2;1H,(H3,9,11,12). The van der Waals surface area contributed by atoms with Crippen LogP contribution in [-0.4, -0.2) is 33.0 Å². The maximum absolute atomic E-state index is 14.5. The molecule has 4 rings (SSSR count). The molecule has 0 aliphatic rings. The molecule has 0 aliphatic heterocycles. The molecule has 0 spiro atoms. The van der Waals surface area contributed by atoms with Gasteiger partial charge in [0.15, 0.2) is 0 Å². The summed E-state index contributed by atoms with van der Waals surface area (Å²) in [6.07, 6.45) is -4.89. The van der Waals surface area contributed by atoms with Gasteiger partial charge in [0.1, 0.15) is 21.3 Å². The van der Waals surface area contributed by atoms with Crippen LogP contribution in [0.25, 0.3) is 21.3 Å². The Morgan fingerprint density at radius 2 is 1.74 bits per heavy atom. The number of nitrogen functional groups attached to an aromatic ring is 1. The van der Waals surface area contributed by atoms with E-state index in [4.69, 9.17) is 5.73 Å². The van der Waals surface area contributed by atoms with Gasteiger partial charge in [0, 0.05) is 18.3 Å². The first-order valence-corrected chi connectivity index (χ1v) is 12.6.